The van der Waals surface area contributed by atoms with Gasteiger partial charge in [-0.05, 0) is 25.0 Å². The quantitative estimate of drug-likeness (QED) is 0.743. The van der Waals surface area contributed by atoms with Crippen molar-refractivity contribution in [2.45, 2.75) is 37.9 Å². The number of urea groups is 1. The number of para-hydroxylation sites is 1. The van der Waals surface area contributed by atoms with Crippen LogP contribution in [0.3, 0.4) is 0 Å². The van der Waals surface area contributed by atoms with Crippen molar-refractivity contribution in [1.82, 2.24) is 15.5 Å². The van der Waals surface area contributed by atoms with E-state index >= 15 is 0 Å². The number of fused-ring (bicyclic) bond motifs is 1. The number of piperazine rings is 1. The first-order valence-corrected chi connectivity index (χ1v) is 8.78. The van der Waals surface area contributed by atoms with Crippen LogP contribution in [0, 0.1) is 0 Å². The average molecular weight is 385 g/mol. The summed E-state index contributed by atoms with van der Waals surface area (Å²) < 4.78 is 0. The van der Waals surface area contributed by atoms with Gasteiger partial charge in [0.15, 0.2) is 0 Å². The fourth-order valence-corrected chi connectivity index (χ4v) is 3.68. The van der Waals surface area contributed by atoms with E-state index in [0.29, 0.717) is 35.1 Å². The molecule has 1 aromatic carbocycles. The first-order chi connectivity index (χ1) is 11.9. The Labute approximate surface area is 155 Å². The lowest BCUT2D eigenvalue weighted by Gasteiger charge is -2.33. The molecule has 3 N–H and O–H groups in total. The van der Waals surface area contributed by atoms with E-state index in [1.165, 1.54) is 0 Å². The van der Waals surface area contributed by atoms with Crippen LogP contribution < -0.4 is 16.0 Å². The molecule has 4 amide bonds. The van der Waals surface area contributed by atoms with Crippen molar-refractivity contribution in [3.63, 3.8) is 0 Å². The van der Waals surface area contributed by atoms with E-state index < -0.39 is 18.1 Å². The van der Waals surface area contributed by atoms with Gasteiger partial charge in [-0.1, -0.05) is 36.2 Å². The number of rotatable bonds is 3. The zero-order valence-electron chi connectivity index (χ0n) is 13.5. The summed E-state index contributed by atoms with van der Waals surface area (Å²) in [5.41, 5.74) is 0.318. The van der Waals surface area contributed by atoms with Crippen LogP contribution in [0.5, 0.6) is 0 Å². The molecule has 0 aliphatic carbocycles. The second-order valence-electron chi connectivity index (χ2n) is 6.10. The molecule has 2 aliphatic rings. The summed E-state index contributed by atoms with van der Waals surface area (Å²) in [5.74, 6) is -0.281. The predicted octanol–water partition coefficient (Wildman–Crippen LogP) is 1.99. The van der Waals surface area contributed by atoms with Crippen LogP contribution in [0.1, 0.15) is 19.8 Å². The maximum Gasteiger partial charge on any atom is 0.319 e. The number of hydrogen-bond donors (Lipinski definition) is 3. The molecule has 0 saturated carbocycles. The van der Waals surface area contributed by atoms with E-state index in [2.05, 4.69) is 16.0 Å². The highest BCUT2D eigenvalue weighted by atomic mass is 35.5. The minimum Gasteiger partial charge on any atom is -0.343 e. The number of carbonyl (C=O) groups excluding carboxylic acids is 3. The largest absolute Gasteiger partial charge is 0.343 e. The van der Waals surface area contributed by atoms with E-state index in [1.54, 1.807) is 23.1 Å². The van der Waals surface area contributed by atoms with Crippen LogP contribution in [-0.2, 0) is 9.59 Å². The Morgan fingerprint density at radius 1 is 1.32 bits per heavy atom. The van der Waals surface area contributed by atoms with Crippen molar-refractivity contribution in [3.05, 3.63) is 28.2 Å². The van der Waals surface area contributed by atoms with Crippen LogP contribution in [-0.4, -0.2) is 47.4 Å². The molecule has 2 aliphatic heterocycles. The zero-order chi connectivity index (χ0) is 18.1. The summed E-state index contributed by atoms with van der Waals surface area (Å²) in [6.07, 6.45) is 0.912. The van der Waals surface area contributed by atoms with Gasteiger partial charge in [0.1, 0.15) is 12.1 Å². The molecule has 9 heteroatoms. The number of nitrogens with zero attached hydrogens (tertiary/aromatic N) is 1. The molecule has 7 nitrogen and oxygen atoms in total. The maximum absolute atomic E-state index is 12.3. The Hall–Kier alpha value is -1.99. The average Bonchev–Trinajstić information content (AvgIpc) is 2.99. The lowest BCUT2D eigenvalue weighted by atomic mass is 10.1. The summed E-state index contributed by atoms with van der Waals surface area (Å²) in [4.78, 5) is 38.2. The molecule has 3 rings (SSSR count). The standard InChI is InChI=1S/C16H18Cl2N4O3/c1-2-11-15(24)22-7-8(6-12(22)14(23)20-11)19-16(25)21-13-9(17)4-3-5-10(13)18/h3-5,8,11-12H,2,6-7H2,1H3,(H,20,23)(H2,19,21,25)/t8-,11-,12-/m0/s1. The zero-order valence-corrected chi connectivity index (χ0v) is 15.0. The normalized spacial score (nSPS) is 25.4. The lowest BCUT2D eigenvalue weighted by molar-refractivity contribution is -0.147. The Balaban J connectivity index is 1.64. The molecule has 0 aromatic heterocycles. The molecule has 2 fully saturated rings. The van der Waals surface area contributed by atoms with Crippen LogP contribution >= 0.6 is 23.2 Å². The van der Waals surface area contributed by atoms with Gasteiger partial charge in [0.05, 0.1) is 21.8 Å². The molecular weight excluding hydrogens is 367 g/mol. The highest BCUT2D eigenvalue weighted by molar-refractivity contribution is 6.39. The van der Waals surface area contributed by atoms with Gasteiger partial charge < -0.3 is 20.9 Å². The van der Waals surface area contributed by atoms with Crippen LogP contribution in [0.25, 0.3) is 0 Å². The highest BCUT2D eigenvalue weighted by Crippen LogP contribution is 2.30. The number of carbonyl (C=O) groups is 3. The summed E-state index contributed by atoms with van der Waals surface area (Å²) in [6.45, 7) is 2.15. The minimum absolute atomic E-state index is 0.106. The van der Waals surface area contributed by atoms with E-state index in [1.807, 2.05) is 6.92 Å². The predicted molar refractivity (Wildman–Crippen MR) is 94.7 cm³/mol. The number of benzene rings is 1. The summed E-state index contributed by atoms with van der Waals surface area (Å²) in [5, 5.41) is 8.76. The Bertz CT molecular complexity index is 707. The Kier molecular flexibility index (Phi) is 5.06. The van der Waals surface area contributed by atoms with Gasteiger partial charge in [-0.3, -0.25) is 9.59 Å². The first kappa shape index (κ1) is 17.8. The van der Waals surface area contributed by atoms with Crippen molar-refractivity contribution in [3.8, 4) is 0 Å². The number of hydrogen-bond acceptors (Lipinski definition) is 3. The third kappa shape index (κ3) is 3.52. The van der Waals surface area contributed by atoms with Crippen molar-refractivity contribution in [2.24, 2.45) is 0 Å². The molecule has 0 spiro atoms. The lowest BCUT2D eigenvalue weighted by Crippen LogP contribution is -2.60. The number of anilines is 1. The van der Waals surface area contributed by atoms with Crippen molar-refractivity contribution >= 4 is 46.7 Å². The van der Waals surface area contributed by atoms with E-state index in [-0.39, 0.29) is 17.9 Å². The molecule has 134 valence electrons. The van der Waals surface area contributed by atoms with Gasteiger partial charge in [0, 0.05) is 6.54 Å². The van der Waals surface area contributed by atoms with E-state index in [4.69, 9.17) is 23.2 Å². The third-order valence-electron chi connectivity index (χ3n) is 4.45. The Morgan fingerprint density at radius 3 is 2.64 bits per heavy atom. The van der Waals surface area contributed by atoms with Crippen LogP contribution in [0.2, 0.25) is 10.0 Å². The second kappa shape index (κ2) is 7.09. The Morgan fingerprint density at radius 2 is 2.00 bits per heavy atom. The molecule has 2 heterocycles. The van der Waals surface area contributed by atoms with Gasteiger partial charge >= 0.3 is 6.03 Å². The molecule has 25 heavy (non-hydrogen) atoms. The number of nitrogens with one attached hydrogen (secondary N) is 3. The maximum atomic E-state index is 12.3. The fourth-order valence-electron chi connectivity index (χ4n) is 3.19. The van der Waals surface area contributed by atoms with Gasteiger partial charge in [-0.2, -0.15) is 0 Å². The fraction of sp³-hybridized carbons (Fsp3) is 0.438. The molecule has 2 saturated heterocycles. The second-order valence-corrected chi connectivity index (χ2v) is 6.92. The van der Waals surface area contributed by atoms with E-state index in [0.717, 1.165) is 0 Å². The minimum atomic E-state index is -0.537. The van der Waals surface area contributed by atoms with Crippen molar-refractivity contribution < 1.29 is 14.4 Å². The van der Waals surface area contributed by atoms with Crippen LogP contribution in [0.15, 0.2) is 18.2 Å². The molecule has 0 unspecified atom stereocenters. The molecule has 0 radical (unpaired) electrons. The molecule has 1 aromatic rings. The molecule has 0 bridgehead atoms. The monoisotopic (exact) mass is 384 g/mol. The highest BCUT2D eigenvalue weighted by Gasteiger charge is 2.46. The molecule has 3 atom stereocenters. The number of amides is 4. The topological polar surface area (TPSA) is 90.5 Å². The summed E-state index contributed by atoms with van der Waals surface area (Å²) in [6, 6.07) is 3.08. The summed E-state index contributed by atoms with van der Waals surface area (Å²) >= 11 is 12.1. The van der Waals surface area contributed by atoms with Gasteiger partial charge in [0.25, 0.3) is 0 Å². The number of halogens is 2. The van der Waals surface area contributed by atoms with Crippen molar-refractivity contribution in [1.29, 1.82) is 0 Å². The smallest absolute Gasteiger partial charge is 0.319 e. The van der Waals surface area contributed by atoms with E-state index in [9.17, 15) is 14.4 Å². The SMILES string of the molecule is CC[C@@H]1NC(=O)[C@@H]2C[C@H](NC(=O)Nc3c(Cl)cccc3Cl)CN2C1=O. The van der Waals surface area contributed by atoms with Gasteiger partial charge in [0.2, 0.25) is 11.8 Å². The summed E-state index contributed by atoms with van der Waals surface area (Å²) in [7, 11) is 0. The van der Waals surface area contributed by atoms with Crippen molar-refractivity contribution in [2.75, 3.05) is 11.9 Å². The third-order valence-corrected chi connectivity index (χ3v) is 5.08. The first-order valence-electron chi connectivity index (χ1n) is 8.03. The van der Waals surface area contributed by atoms with Gasteiger partial charge in [-0.25, -0.2) is 4.79 Å². The molecular formula is C16H18Cl2N4O3. The van der Waals surface area contributed by atoms with Gasteiger partial charge in [-0.15, -0.1) is 0 Å². The van der Waals surface area contributed by atoms with Crippen LogP contribution in [0.4, 0.5) is 10.5 Å².